The minimum Gasteiger partial charge on any atom is -0.493 e. The summed E-state index contributed by atoms with van der Waals surface area (Å²) in [4.78, 5) is 2.64. The Labute approximate surface area is 157 Å². The van der Waals surface area contributed by atoms with Gasteiger partial charge in [0.25, 0.3) is 0 Å². The van der Waals surface area contributed by atoms with E-state index >= 15 is 0 Å². The van der Waals surface area contributed by atoms with Crippen molar-refractivity contribution in [2.45, 2.75) is 37.7 Å². The van der Waals surface area contributed by atoms with Crippen molar-refractivity contribution < 1.29 is 14.2 Å². The Kier molecular flexibility index (Phi) is 5.39. The smallest absolute Gasteiger partial charge is 0.161 e. The van der Waals surface area contributed by atoms with Gasteiger partial charge in [-0.05, 0) is 74.4 Å². The topological polar surface area (TPSA) is 43.0 Å². The van der Waals surface area contributed by atoms with Crippen LogP contribution >= 0.6 is 0 Å². The van der Waals surface area contributed by atoms with Gasteiger partial charge in [-0.15, -0.1) is 0 Å². The van der Waals surface area contributed by atoms with Crippen molar-refractivity contribution in [3.05, 3.63) is 23.3 Å². The molecular formula is C21H32N2O3. The fourth-order valence-corrected chi connectivity index (χ4v) is 4.94. The first kappa shape index (κ1) is 18.1. The Morgan fingerprint density at radius 1 is 1.19 bits per heavy atom. The van der Waals surface area contributed by atoms with E-state index in [1.54, 1.807) is 14.2 Å². The van der Waals surface area contributed by atoms with E-state index < -0.39 is 0 Å². The number of nitrogens with zero attached hydrogens (tertiary/aromatic N) is 1. The lowest BCUT2D eigenvalue weighted by Crippen LogP contribution is -2.48. The standard InChI is InChI=1S/C21H32N2O3/c1-24-19-12-17-5-11-26-21(18(17)13-20(19)25-2)6-9-23(10-7-21)15-16-4-3-8-22-14-16/h12-13,16,22H,3-11,14-15H2,1-2H3. The third-order valence-electron chi connectivity index (χ3n) is 6.43. The number of fused-ring (bicyclic) bond motifs is 2. The van der Waals surface area contributed by atoms with E-state index in [9.17, 15) is 0 Å². The Bertz CT molecular complexity index is 620. The lowest BCUT2D eigenvalue weighted by Gasteiger charge is -2.46. The predicted molar refractivity (Wildman–Crippen MR) is 102 cm³/mol. The first-order valence-electron chi connectivity index (χ1n) is 10.1. The zero-order valence-corrected chi connectivity index (χ0v) is 16.2. The van der Waals surface area contributed by atoms with Crippen molar-refractivity contribution in [3.63, 3.8) is 0 Å². The number of hydrogen-bond acceptors (Lipinski definition) is 5. The SMILES string of the molecule is COc1cc2c(cc1OC)C1(CCN(CC3CCCNC3)CC1)OCC2. The van der Waals surface area contributed by atoms with E-state index in [1.165, 1.54) is 43.6 Å². The van der Waals surface area contributed by atoms with Crippen molar-refractivity contribution in [2.75, 3.05) is 53.6 Å². The molecule has 0 amide bonds. The molecule has 1 aromatic rings. The van der Waals surface area contributed by atoms with E-state index in [-0.39, 0.29) is 5.60 Å². The quantitative estimate of drug-likeness (QED) is 0.894. The highest BCUT2D eigenvalue weighted by Crippen LogP contribution is 2.45. The van der Waals surface area contributed by atoms with E-state index in [1.807, 2.05) is 0 Å². The average Bonchev–Trinajstić information content (AvgIpc) is 2.70. The van der Waals surface area contributed by atoms with Crippen LogP contribution in [0.4, 0.5) is 0 Å². The van der Waals surface area contributed by atoms with Crippen molar-refractivity contribution >= 4 is 0 Å². The zero-order valence-electron chi connectivity index (χ0n) is 16.2. The molecule has 144 valence electrons. The molecule has 2 saturated heterocycles. The lowest BCUT2D eigenvalue weighted by molar-refractivity contribution is -0.0994. The van der Waals surface area contributed by atoms with Crippen LogP contribution in [-0.4, -0.2) is 58.5 Å². The second kappa shape index (κ2) is 7.75. The minimum atomic E-state index is -0.144. The maximum absolute atomic E-state index is 6.41. The first-order chi connectivity index (χ1) is 12.7. The summed E-state index contributed by atoms with van der Waals surface area (Å²) in [6, 6.07) is 4.31. The van der Waals surface area contributed by atoms with Crippen LogP contribution in [0.1, 0.15) is 36.8 Å². The molecule has 0 aromatic heterocycles. The van der Waals surface area contributed by atoms with Gasteiger partial charge in [0.15, 0.2) is 11.5 Å². The number of nitrogens with one attached hydrogen (secondary N) is 1. The van der Waals surface area contributed by atoms with Crippen LogP contribution in [0, 0.1) is 5.92 Å². The molecule has 0 bridgehead atoms. The van der Waals surface area contributed by atoms with Gasteiger partial charge in [0, 0.05) is 19.6 Å². The molecule has 5 nitrogen and oxygen atoms in total. The molecule has 3 aliphatic rings. The summed E-state index contributed by atoms with van der Waals surface area (Å²) in [5.41, 5.74) is 2.54. The summed E-state index contributed by atoms with van der Waals surface area (Å²) in [7, 11) is 3.42. The molecule has 1 atom stereocenters. The molecule has 1 unspecified atom stereocenters. The van der Waals surface area contributed by atoms with Gasteiger partial charge in [0.05, 0.1) is 26.4 Å². The maximum Gasteiger partial charge on any atom is 0.161 e. The van der Waals surface area contributed by atoms with Crippen LogP contribution in [-0.2, 0) is 16.8 Å². The van der Waals surface area contributed by atoms with Gasteiger partial charge < -0.3 is 24.4 Å². The highest BCUT2D eigenvalue weighted by molar-refractivity contribution is 5.50. The fourth-order valence-electron chi connectivity index (χ4n) is 4.94. The molecule has 5 heteroatoms. The van der Waals surface area contributed by atoms with Crippen molar-refractivity contribution in [2.24, 2.45) is 5.92 Å². The summed E-state index contributed by atoms with van der Waals surface area (Å²) >= 11 is 0. The molecule has 2 fully saturated rings. The highest BCUT2D eigenvalue weighted by atomic mass is 16.5. The molecule has 1 N–H and O–H groups in total. The van der Waals surface area contributed by atoms with Gasteiger partial charge in [-0.1, -0.05) is 0 Å². The third kappa shape index (κ3) is 3.45. The molecule has 0 saturated carbocycles. The van der Waals surface area contributed by atoms with Crippen molar-refractivity contribution in [1.82, 2.24) is 10.2 Å². The molecule has 1 spiro atoms. The van der Waals surface area contributed by atoms with Gasteiger partial charge in [-0.3, -0.25) is 0 Å². The summed E-state index contributed by atoms with van der Waals surface area (Å²) < 4.78 is 17.5. The summed E-state index contributed by atoms with van der Waals surface area (Å²) in [5, 5.41) is 3.54. The predicted octanol–water partition coefficient (Wildman–Crippen LogP) is 2.57. The van der Waals surface area contributed by atoms with Crippen LogP contribution in [0.15, 0.2) is 12.1 Å². The number of likely N-dealkylation sites (tertiary alicyclic amines) is 1. The third-order valence-corrected chi connectivity index (χ3v) is 6.43. The molecular weight excluding hydrogens is 328 g/mol. The number of piperidine rings is 2. The zero-order chi connectivity index (χ0) is 18.0. The van der Waals surface area contributed by atoms with Crippen LogP contribution in [0.3, 0.4) is 0 Å². The van der Waals surface area contributed by atoms with E-state index in [2.05, 4.69) is 22.3 Å². The number of hydrogen-bond donors (Lipinski definition) is 1. The normalized spacial score (nSPS) is 25.7. The van der Waals surface area contributed by atoms with Crippen LogP contribution in [0.2, 0.25) is 0 Å². The van der Waals surface area contributed by atoms with Crippen molar-refractivity contribution in [1.29, 1.82) is 0 Å². The summed E-state index contributed by atoms with van der Waals surface area (Å²) in [5.74, 6) is 2.44. The molecule has 0 radical (unpaired) electrons. The van der Waals surface area contributed by atoms with Gasteiger partial charge in [-0.2, -0.15) is 0 Å². The minimum absolute atomic E-state index is 0.144. The van der Waals surface area contributed by atoms with E-state index in [0.717, 1.165) is 56.4 Å². The first-order valence-corrected chi connectivity index (χ1v) is 10.1. The van der Waals surface area contributed by atoms with Crippen LogP contribution in [0.5, 0.6) is 11.5 Å². The Balaban J connectivity index is 1.49. The molecule has 3 heterocycles. The molecule has 4 rings (SSSR count). The summed E-state index contributed by atoms with van der Waals surface area (Å²) in [6.07, 6.45) is 5.77. The van der Waals surface area contributed by atoms with E-state index in [4.69, 9.17) is 14.2 Å². The number of methoxy groups -OCH3 is 2. The van der Waals surface area contributed by atoms with Gasteiger partial charge in [-0.25, -0.2) is 0 Å². The second-order valence-corrected chi connectivity index (χ2v) is 7.97. The Hall–Kier alpha value is -1.30. The number of ether oxygens (including phenoxy) is 3. The van der Waals surface area contributed by atoms with Gasteiger partial charge in [0.1, 0.15) is 0 Å². The molecule has 26 heavy (non-hydrogen) atoms. The van der Waals surface area contributed by atoms with E-state index in [0.29, 0.717) is 0 Å². The van der Waals surface area contributed by atoms with Crippen LogP contribution in [0.25, 0.3) is 0 Å². The fraction of sp³-hybridized carbons (Fsp3) is 0.714. The van der Waals surface area contributed by atoms with Crippen LogP contribution < -0.4 is 14.8 Å². The lowest BCUT2D eigenvalue weighted by atomic mass is 9.79. The van der Waals surface area contributed by atoms with Gasteiger partial charge in [0.2, 0.25) is 0 Å². The maximum atomic E-state index is 6.41. The number of benzene rings is 1. The summed E-state index contributed by atoms with van der Waals surface area (Å²) in [6.45, 7) is 6.62. The highest BCUT2D eigenvalue weighted by Gasteiger charge is 2.41. The molecule has 1 aromatic carbocycles. The Morgan fingerprint density at radius 3 is 2.65 bits per heavy atom. The largest absolute Gasteiger partial charge is 0.493 e. The average molecular weight is 360 g/mol. The van der Waals surface area contributed by atoms with Crippen molar-refractivity contribution in [3.8, 4) is 11.5 Å². The number of rotatable bonds is 4. The molecule has 0 aliphatic carbocycles. The molecule has 3 aliphatic heterocycles. The second-order valence-electron chi connectivity index (χ2n) is 7.97. The Morgan fingerprint density at radius 2 is 1.96 bits per heavy atom. The monoisotopic (exact) mass is 360 g/mol. The van der Waals surface area contributed by atoms with Gasteiger partial charge >= 0.3 is 0 Å².